The molecule has 2 bridgehead atoms. The fraction of sp³-hybridized carbons (Fsp3) is 0.875. The monoisotopic (exact) mass is 154 g/mol. The number of rotatable bonds is 1. The number of carbonyl (C=O) groups is 1. The molecule has 11 heavy (non-hydrogen) atoms. The van der Waals surface area contributed by atoms with Crippen molar-refractivity contribution in [3.05, 3.63) is 0 Å². The zero-order valence-corrected chi connectivity index (χ0v) is 6.81. The van der Waals surface area contributed by atoms with Crippen LogP contribution in [0.15, 0.2) is 0 Å². The van der Waals surface area contributed by atoms with Crippen molar-refractivity contribution in [2.75, 3.05) is 13.1 Å². The van der Waals surface area contributed by atoms with E-state index < -0.39 is 0 Å². The first-order chi connectivity index (χ1) is 5.23. The molecule has 0 amide bonds. The second kappa shape index (κ2) is 2.29. The topological polar surface area (TPSA) is 41.1 Å². The third-order valence-electron chi connectivity index (χ3n) is 2.89. The normalized spacial score (nSPS) is 42.5. The number of hydrogen-bond acceptors (Lipinski definition) is 3. The lowest BCUT2D eigenvalue weighted by atomic mass is 9.93. The SMILES string of the molecule is CC(=O)C12CCC(CNC1)N2. The highest BCUT2D eigenvalue weighted by atomic mass is 16.1. The minimum absolute atomic E-state index is 0.205. The van der Waals surface area contributed by atoms with Crippen molar-refractivity contribution in [2.24, 2.45) is 0 Å². The van der Waals surface area contributed by atoms with E-state index in [1.54, 1.807) is 6.92 Å². The van der Waals surface area contributed by atoms with Crippen LogP contribution in [-0.4, -0.2) is 30.5 Å². The van der Waals surface area contributed by atoms with Crippen LogP contribution in [0.4, 0.5) is 0 Å². The van der Waals surface area contributed by atoms with Gasteiger partial charge in [0, 0.05) is 19.1 Å². The van der Waals surface area contributed by atoms with E-state index in [9.17, 15) is 4.79 Å². The van der Waals surface area contributed by atoms with Gasteiger partial charge in [-0.15, -0.1) is 0 Å². The first-order valence-corrected chi connectivity index (χ1v) is 4.22. The maximum Gasteiger partial charge on any atom is 0.151 e. The van der Waals surface area contributed by atoms with Crippen molar-refractivity contribution >= 4 is 5.78 Å². The largest absolute Gasteiger partial charge is 0.313 e. The van der Waals surface area contributed by atoms with Gasteiger partial charge in [0.15, 0.2) is 5.78 Å². The van der Waals surface area contributed by atoms with Crippen molar-refractivity contribution in [1.29, 1.82) is 0 Å². The summed E-state index contributed by atoms with van der Waals surface area (Å²) in [4.78, 5) is 11.3. The average Bonchev–Trinajstić information content (AvgIpc) is 2.29. The van der Waals surface area contributed by atoms with E-state index in [0.29, 0.717) is 6.04 Å². The van der Waals surface area contributed by atoms with Gasteiger partial charge in [-0.2, -0.15) is 0 Å². The number of fused-ring (bicyclic) bond motifs is 2. The van der Waals surface area contributed by atoms with Crippen molar-refractivity contribution in [1.82, 2.24) is 10.6 Å². The quantitative estimate of drug-likeness (QED) is 0.543. The van der Waals surface area contributed by atoms with Crippen LogP contribution >= 0.6 is 0 Å². The molecule has 2 saturated heterocycles. The van der Waals surface area contributed by atoms with E-state index in [1.165, 1.54) is 0 Å². The van der Waals surface area contributed by atoms with Crippen molar-refractivity contribution in [3.8, 4) is 0 Å². The molecule has 2 N–H and O–H groups in total. The predicted octanol–water partition coefficient (Wildman–Crippen LogP) is -0.331. The molecule has 2 aliphatic heterocycles. The summed E-state index contributed by atoms with van der Waals surface area (Å²) in [6.45, 7) is 3.52. The molecule has 2 unspecified atom stereocenters. The fourth-order valence-electron chi connectivity index (χ4n) is 2.11. The minimum atomic E-state index is -0.205. The maximum absolute atomic E-state index is 11.3. The van der Waals surface area contributed by atoms with Crippen molar-refractivity contribution < 1.29 is 4.79 Å². The van der Waals surface area contributed by atoms with E-state index in [4.69, 9.17) is 0 Å². The lowest BCUT2D eigenvalue weighted by molar-refractivity contribution is -0.123. The number of hydrogen-bond donors (Lipinski definition) is 2. The Morgan fingerprint density at radius 1 is 1.64 bits per heavy atom. The van der Waals surface area contributed by atoms with Gasteiger partial charge < -0.3 is 5.32 Å². The van der Waals surface area contributed by atoms with E-state index in [2.05, 4.69) is 10.6 Å². The Hall–Kier alpha value is -0.410. The standard InChI is InChI=1S/C8H14N2O/c1-6(11)8-3-2-7(10-8)4-9-5-8/h7,9-10H,2-5H2,1H3. The van der Waals surface area contributed by atoms with Gasteiger partial charge in [0.05, 0.1) is 5.54 Å². The Morgan fingerprint density at radius 3 is 3.09 bits per heavy atom. The van der Waals surface area contributed by atoms with Gasteiger partial charge in [0.2, 0.25) is 0 Å². The molecule has 0 aromatic rings. The minimum Gasteiger partial charge on any atom is -0.313 e. The first kappa shape index (κ1) is 7.25. The second-order valence-corrected chi connectivity index (χ2v) is 3.65. The van der Waals surface area contributed by atoms with E-state index in [1.807, 2.05) is 0 Å². The molecule has 3 nitrogen and oxygen atoms in total. The van der Waals surface area contributed by atoms with Crippen LogP contribution in [0, 0.1) is 0 Å². The van der Waals surface area contributed by atoms with Gasteiger partial charge in [-0.1, -0.05) is 0 Å². The molecule has 0 aromatic heterocycles. The third-order valence-corrected chi connectivity index (χ3v) is 2.89. The molecule has 62 valence electrons. The highest BCUT2D eigenvalue weighted by Gasteiger charge is 2.44. The molecule has 2 fully saturated rings. The molecule has 2 heterocycles. The molecule has 0 radical (unpaired) electrons. The number of ketones is 1. The lowest BCUT2D eigenvalue weighted by Gasteiger charge is -2.32. The van der Waals surface area contributed by atoms with Crippen LogP contribution in [0.2, 0.25) is 0 Å². The number of nitrogens with one attached hydrogen (secondary N) is 2. The maximum atomic E-state index is 11.3. The third kappa shape index (κ3) is 0.993. The summed E-state index contributed by atoms with van der Waals surface area (Å²) in [7, 11) is 0. The molecular weight excluding hydrogens is 140 g/mol. The van der Waals surface area contributed by atoms with Crippen molar-refractivity contribution in [2.45, 2.75) is 31.3 Å². The summed E-state index contributed by atoms with van der Waals surface area (Å²) in [6.07, 6.45) is 2.16. The molecule has 2 atom stereocenters. The summed E-state index contributed by atoms with van der Waals surface area (Å²) in [5.41, 5.74) is -0.205. The number of piperazine rings is 1. The summed E-state index contributed by atoms with van der Waals surface area (Å²) >= 11 is 0. The van der Waals surface area contributed by atoms with Gasteiger partial charge in [-0.05, 0) is 19.8 Å². The Bertz CT molecular complexity index is 189. The molecule has 2 rings (SSSR count). The highest BCUT2D eigenvalue weighted by molar-refractivity contribution is 5.87. The molecule has 0 spiro atoms. The van der Waals surface area contributed by atoms with Crippen molar-refractivity contribution in [3.63, 3.8) is 0 Å². The van der Waals surface area contributed by atoms with E-state index >= 15 is 0 Å². The van der Waals surface area contributed by atoms with Gasteiger partial charge in [-0.25, -0.2) is 0 Å². The average molecular weight is 154 g/mol. The van der Waals surface area contributed by atoms with Gasteiger partial charge in [-0.3, -0.25) is 10.1 Å². The lowest BCUT2D eigenvalue weighted by Crippen LogP contribution is -2.61. The molecule has 3 heteroatoms. The fourth-order valence-corrected chi connectivity index (χ4v) is 2.11. The van der Waals surface area contributed by atoms with Crippen LogP contribution in [0.5, 0.6) is 0 Å². The van der Waals surface area contributed by atoms with Crippen LogP contribution in [-0.2, 0) is 4.79 Å². The molecular formula is C8H14N2O. The molecule has 0 aliphatic carbocycles. The predicted molar refractivity (Wildman–Crippen MR) is 42.4 cm³/mol. The summed E-state index contributed by atoms with van der Waals surface area (Å²) in [6, 6.07) is 0.535. The van der Waals surface area contributed by atoms with Gasteiger partial charge in [0.1, 0.15) is 0 Å². The Balaban J connectivity index is 2.19. The molecule has 0 aromatic carbocycles. The number of Topliss-reactive ketones (excluding diaryl/α,β-unsaturated/α-hetero) is 1. The second-order valence-electron chi connectivity index (χ2n) is 3.65. The summed E-state index contributed by atoms with van der Waals surface area (Å²) < 4.78 is 0. The number of carbonyl (C=O) groups excluding carboxylic acids is 1. The molecule has 2 aliphatic rings. The van der Waals surface area contributed by atoms with Crippen LogP contribution in [0.1, 0.15) is 19.8 Å². The van der Waals surface area contributed by atoms with E-state index in [-0.39, 0.29) is 11.3 Å². The Labute approximate surface area is 66.5 Å². The first-order valence-electron chi connectivity index (χ1n) is 4.22. The van der Waals surface area contributed by atoms with Crippen LogP contribution in [0.25, 0.3) is 0 Å². The summed E-state index contributed by atoms with van der Waals surface area (Å²) in [5, 5.41) is 6.68. The van der Waals surface area contributed by atoms with Gasteiger partial charge >= 0.3 is 0 Å². The zero-order chi connectivity index (χ0) is 7.90. The highest BCUT2D eigenvalue weighted by Crippen LogP contribution is 2.26. The smallest absolute Gasteiger partial charge is 0.151 e. The Kier molecular flexibility index (Phi) is 1.51. The van der Waals surface area contributed by atoms with Gasteiger partial charge in [0.25, 0.3) is 0 Å². The summed E-state index contributed by atoms with van der Waals surface area (Å²) in [5.74, 6) is 0.284. The van der Waals surface area contributed by atoms with E-state index in [0.717, 1.165) is 25.9 Å². The molecule has 0 saturated carbocycles. The Morgan fingerprint density at radius 2 is 2.45 bits per heavy atom. The van der Waals surface area contributed by atoms with Crippen LogP contribution in [0.3, 0.4) is 0 Å². The van der Waals surface area contributed by atoms with Crippen LogP contribution < -0.4 is 10.6 Å². The zero-order valence-electron chi connectivity index (χ0n) is 6.81.